The molecule has 2 heterocycles. The van der Waals surface area contributed by atoms with Crippen molar-refractivity contribution in [1.82, 2.24) is 15.1 Å². The molecule has 0 bridgehead atoms. The maximum atomic E-state index is 13.2. The zero-order chi connectivity index (χ0) is 23.5. The van der Waals surface area contributed by atoms with Crippen LogP contribution in [-0.4, -0.2) is 47.7 Å². The second kappa shape index (κ2) is 10.1. The number of hydrogen-bond donors (Lipinski definition) is 1. The Morgan fingerprint density at radius 2 is 1.69 bits per heavy atom. The van der Waals surface area contributed by atoms with Gasteiger partial charge in [0.1, 0.15) is 5.82 Å². The molecular weight excluding hydrogens is 398 g/mol. The van der Waals surface area contributed by atoms with Crippen LogP contribution in [0.3, 0.4) is 0 Å². The number of carbonyl (C=O) groups is 2. The molecule has 1 fully saturated rings. The van der Waals surface area contributed by atoms with Crippen molar-refractivity contribution < 1.29 is 9.59 Å². The van der Waals surface area contributed by atoms with Crippen LogP contribution in [0.15, 0.2) is 46.0 Å². The second-order valence-corrected chi connectivity index (χ2v) is 10.0. The molecule has 1 saturated heterocycles. The van der Waals surface area contributed by atoms with Crippen LogP contribution in [0.4, 0.5) is 0 Å². The summed E-state index contributed by atoms with van der Waals surface area (Å²) in [5, 5.41) is 3.59. The van der Waals surface area contributed by atoms with Crippen LogP contribution >= 0.6 is 0 Å². The van der Waals surface area contributed by atoms with Crippen molar-refractivity contribution in [3.8, 4) is 0 Å². The van der Waals surface area contributed by atoms with E-state index in [2.05, 4.69) is 57.0 Å². The highest BCUT2D eigenvalue weighted by Crippen LogP contribution is 2.33. The first-order valence-corrected chi connectivity index (χ1v) is 12.4. The first-order valence-electron chi connectivity index (χ1n) is 12.4. The normalized spacial score (nSPS) is 21.1. The zero-order valence-electron chi connectivity index (χ0n) is 20.9. The van der Waals surface area contributed by atoms with E-state index in [1.54, 1.807) is 6.92 Å². The Kier molecular flexibility index (Phi) is 7.68. The highest BCUT2D eigenvalue weighted by molar-refractivity contribution is 5.95. The molecule has 32 heavy (non-hydrogen) atoms. The number of rotatable bonds is 7. The number of allylic oxidation sites excluding steroid dienone is 6. The second-order valence-electron chi connectivity index (χ2n) is 10.0. The molecule has 176 valence electrons. The predicted molar refractivity (Wildman–Crippen MR) is 131 cm³/mol. The van der Waals surface area contributed by atoms with Crippen molar-refractivity contribution in [1.29, 1.82) is 0 Å². The van der Waals surface area contributed by atoms with Gasteiger partial charge in [0.05, 0.1) is 0 Å². The van der Waals surface area contributed by atoms with Crippen LogP contribution in [0.2, 0.25) is 0 Å². The Labute approximate surface area is 194 Å². The van der Waals surface area contributed by atoms with E-state index in [0.717, 1.165) is 80.7 Å². The average Bonchev–Trinajstić information content (AvgIpc) is 2.79. The molecule has 5 nitrogen and oxygen atoms in total. The first-order chi connectivity index (χ1) is 15.2. The van der Waals surface area contributed by atoms with Gasteiger partial charge in [-0.25, -0.2) is 0 Å². The smallest absolute Gasteiger partial charge is 0.251 e. The Bertz CT molecular complexity index is 879. The predicted octanol–water partition coefficient (Wildman–Crippen LogP) is 5.08. The van der Waals surface area contributed by atoms with Crippen LogP contribution in [-0.2, 0) is 9.59 Å². The van der Waals surface area contributed by atoms with Crippen molar-refractivity contribution >= 4 is 11.7 Å². The van der Waals surface area contributed by atoms with Gasteiger partial charge in [0.15, 0.2) is 5.78 Å². The maximum absolute atomic E-state index is 13.2. The fourth-order valence-electron chi connectivity index (χ4n) is 5.03. The van der Waals surface area contributed by atoms with Crippen LogP contribution in [0.1, 0.15) is 80.1 Å². The molecule has 0 aromatic carbocycles. The van der Waals surface area contributed by atoms with Gasteiger partial charge in [0.2, 0.25) is 0 Å². The van der Waals surface area contributed by atoms with Gasteiger partial charge in [-0.15, -0.1) is 0 Å². The van der Waals surface area contributed by atoms with E-state index < -0.39 is 0 Å². The van der Waals surface area contributed by atoms with E-state index in [0.29, 0.717) is 12.0 Å². The summed E-state index contributed by atoms with van der Waals surface area (Å²) < 4.78 is 0. The summed E-state index contributed by atoms with van der Waals surface area (Å²) in [4.78, 5) is 29.6. The largest absolute Gasteiger partial charge is 0.367 e. The summed E-state index contributed by atoms with van der Waals surface area (Å²) in [6.45, 7) is 15.8. The van der Waals surface area contributed by atoms with Crippen molar-refractivity contribution in [2.75, 3.05) is 26.2 Å². The number of amides is 1. The SMILES string of the molecule is CCC1=C(C(C)=O)CCC(N(CC)C2=C(CC)C=C(C(=O)N3CCC(C)(C)CC3)CN2)=C1. The highest BCUT2D eigenvalue weighted by Gasteiger charge is 2.31. The van der Waals surface area contributed by atoms with E-state index in [9.17, 15) is 9.59 Å². The number of hydrogen-bond acceptors (Lipinski definition) is 4. The molecule has 0 aromatic heterocycles. The van der Waals surface area contributed by atoms with E-state index in [-0.39, 0.29) is 11.7 Å². The standard InChI is InChI=1S/C27H41N3O2/c1-7-20-17-23(10-11-24(20)19(4)31)30(9-3)25-21(8-2)16-22(18-28-25)26(32)29-14-12-27(5,6)13-15-29/h16-17,28H,7-15,18H2,1-6H3. The number of Topliss-reactive ketones (excluding diaryl/α,β-unsaturated/α-hetero) is 1. The summed E-state index contributed by atoms with van der Waals surface area (Å²) in [6.07, 6.45) is 9.87. The molecule has 0 atom stereocenters. The Hall–Kier alpha value is -2.30. The summed E-state index contributed by atoms with van der Waals surface area (Å²) in [5.41, 5.74) is 5.77. The number of carbonyl (C=O) groups excluding carboxylic acids is 2. The number of nitrogens with one attached hydrogen (secondary N) is 1. The number of piperidine rings is 1. The van der Waals surface area contributed by atoms with Gasteiger partial charge >= 0.3 is 0 Å². The fourth-order valence-corrected chi connectivity index (χ4v) is 5.03. The minimum Gasteiger partial charge on any atom is -0.367 e. The number of ketones is 1. The summed E-state index contributed by atoms with van der Waals surface area (Å²) in [7, 11) is 0. The van der Waals surface area contributed by atoms with Gasteiger partial charge in [-0.1, -0.05) is 27.7 Å². The molecule has 0 unspecified atom stereocenters. The average molecular weight is 440 g/mol. The van der Waals surface area contributed by atoms with Crippen molar-refractivity contribution in [3.63, 3.8) is 0 Å². The molecule has 0 saturated carbocycles. The lowest BCUT2D eigenvalue weighted by Crippen LogP contribution is -2.44. The van der Waals surface area contributed by atoms with Crippen molar-refractivity contribution in [3.05, 3.63) is 46.0 Å². The van der Waals surface area contributed by atoms with Crippen molar-refractivity contribution in [2.45, 2.75) is 80.1 Å². The van der Waals surface area contributed by atoms with E-state index in [1.165, 1.54) is 11.3 Å². The van der Waals surface area contributed by atoms with Crippen LogP contribution in [0, 0.1) is 5.41 Å². The van der Waals surface area contributed by atoms with Crippen molar-refractivity contribution in [2.24, 2.45) is 5.41 Å². The molecule has 1 aliphatic carbocycles. The van der Waals surface area contributed by atoms with Crippen LogP contribution < -0.4 is 5.32 Å². The summed E-state index contributed by atoms with van der Waals surface area (Å²) in [6, 6.07) is 0. The van der Waals surface area contributed by atoms with Gasteiger partial charge in [0, 0.05) is 37.4 Å². The fraction of sp³-hybridized carbons (Fsp3) is 0.630. The number of dihydropyridines is 1. The third kappa shape index (κ3) is 5.19. The van der Waals surface area contributed by atoms with E-state index in [4.69, 9.17) is 0 Å². The lowest BCUT2D eigenvalue weighted by atomic mass is 9.82. The highest BCUT2D eigenvalue weighted by atomic mass is 16.2. The van der Waals surface area contributed by atoms with Gasteiger partial charge in [-0.3, -0.25) is 9.59 Å². The molecule has 0 radical (unpaired) electrons. The Morgan fingerprint density at radius 3 is 2.25 bits per heavy atom. The van der Waals surface area contributed by atoms with Crippen LogP contribution in [0.5, 0.6) is 0 Å². The topological polar surface area (TPSA) is 52.7 Å². The molecule has 0 aromatic rings. The Balaban J connectivity index is 1.85. The molecule has 3 aliphatic rings. The van der Waals surface area contributed by atoms with Crippen LogP contribution in [0.25, 0.3) is 0 Å². The quantitative estimate of drug-likeness (QED) is 0.601. The molecule has 0 spiro atoms. The van der Waals surface area contributed by atoms with Gasteiger partial charge in [-0.05, 0) is 86.7 Å². The third-order valence-corrected chi connectivity index (χ3v) is 7.26. The van der Waals surface area contributed by atoms with E-state index >= 15 is 0 Å². The summed E-state index contributed by atoms with van der Waals surface area (Å²) >= 11 is 0. The van der Waals surface area contributed by atoms with Gasteiger partial charge < -0.3 is 15.1 Å². The molecule has 2 aliphatic heterocycles. The lowest BCUT2D eigenvalue weighted by molar-refractivity contribution is -0.129. The zero-order valence-corrected chi connectivity index (χ0v) is 20.9. The molecule has 3 rings (SSSR count). The minimum absolute atomic E-state index is 0.181. The summed E-state index contributed by atoms with van der Waals surface area (Å²) in [5.74, 6) is 1.48. The minimum atomic E-state index is 0.181. The first kappa shape index (κ1) is 24.3. The van der Waals surface area contributed by atoms with Gasteiger partial charge in [0.25, 0.3) is 5.91 Å². The Morgan fingerprint density at radius 1 is 1.03 bits per heavy atom. The lowest BCUT2D eigenvalue weighted by Gasteiger charge is -2.38. The monoisotopic (exact) mass is 439 g/mol. The number of likely N-dealkylation sites (tertiary alicyclic amines) is 1. The maximum Gasteiger partial charge on any atom is 0.251 e. The van der Waals surface area contributed by atoms with E-state index in [1.807, 2.05) is 4.90 Å². The third-order valence-electron chi connectivity index (χ3n) is 7.26. The molecule has 5 heteroatoms. The van der Waals surface area contributed by atoms with Gasteiger partial charge in [-0.2, -0.15) is 0 Å². The molecular formula is C27H41N3O2. The molecule has 1 amide bonds. The number of nitrogens with zero attached hydrogens (tertiary/aromatic N) is 2. The molecule has 1 N–H and O–H groups in total.